The number of aliphatic hydroxyl groups is 1. The minimum atomic E-state index is -1.38. The first-order valence-corrected chi connectivity index (χ1v) is 7.76. The van der Waals surface area contributed by atoms with Gasteiger partial charge in [-0.05, 0) is 18.9 Å². The van der Waals surface area contributed by atoms with E-state index in [0.29, 0.717) is 6.61 Å². The number of nitrogens with one attached hydrogen (secondary N) is 1. The summed E-state index contributed by atoms with van der Waals surface area (Å²) in [6.07, 6.45) is -1.12. The van der Waals surface area contributed by atoms with Gasteiger partial charge in [-0.25, -0.2) is 4.79 Å². The average Bonchev–Trinajstić information content (AvgIpc) is 2.59. The van der Waals surface area contributed by atoms with Crippen molar-refractivity contribution in [2.24, 2.45) is 0 Å². The second-order valence-corrected chi connectivity index (χ2v) is 5.28. The van der Waals surface area contributed by atoms with Crippen molar-refractivity contribution < 1.29 is 14.8 Å². The quantitative estimate of drug-likeness (QED) is 0.569. The third kappa shape index (κ3) is 3.83. The topological polar surface area (TPSA) is 127 Å². The van der Waals surface area contributed by atoms with E-state index in [-0.39, 0.29) is 35.7 Å². The molecule has 2 aromatic rings. The largest absolute Gasteiger partial charge is 0.382 e. The van der Waals surface area contributed by atoms with Crippen LogP contribution in [0.25, 0.3) is 0 Å². The Labute approximate surface area is 142 Å². The molecule has 9 heteroatoms. The number of benzene rings is 1. The van der Waals surface area contributed by atoms with E-state index >= 15 is 0 Å². The van der Waals surface area contributed by atoms with Crippen LogP contribution >= 0.6 is 0 Å². The summed E-state index contributed by atoms with van der Waals surface area (Å²) in [6, 6.07) is 5.43. The molecule has 1 aromatic heterocycles. The normalized spacial score (nSPS) is 12.1. The molecule has 1 heterocycles. The SMILES string of the molecule is CCOCn1c(C(O)c2cccc([N+](=O)[O-])c2)c(CC)c(=O)[nH]c1=O. The molecule has 0 saturated carbocycles. The Kier molecular flexibility index (Phi) is 5.84. The van der Waals surface area contributed by atoms with Crippen molar-refractivity contribution in [1.82, 2.24) is 9.55 Å². The molecule has 0 amide bonds. The van der Waals surface area contributed by atoms with Gasteiger partial charge in [0.15, 0.2) is 0 Å². The minimum Gasteiger partial charge on any atom is -0.382 e. The van der Waals surface area contributed by atoms with Crippen LogP contribution in [0.15, 0.2) is 33.9 Å². The maximum Gasteiger partial charge on any atom is 0.330 e. The van der Waals surface area contributed by atoms with Gasteiger partial charge in [-0.1, -0.05) is 19.1 Å². The number of H-pyrrole nitrogens is 1. The predicted molar refractivity (Wildman–Crippen MR) is 89.5 cm³/mol. The van der Waals surface area contributed by atoms with Crippen LogP contribution in [-0.4, -0.2) is 26.2 Å². The molecule has 25 heavy (non-hydrogen) atoms. The molecule has 1 aromatic carbocycles. The fourth-order valence-corrected chi connectivity index (χ4v) is 2.56. The van der Waals surface area contributed by atoms with E-state index in [4.69, 9.17) is 4.74 Å². The van der Waals surface area contributed by atoms with Crippen LogP contribution in [0.4, 0.5) is 5.69 Å². The van der Waals surface area contributed by atoms with E-state index in [9.17, 15) is 24.8 Å². The molecule has 2 N–H and O–H groups in total. The molecule has 0 fully saturated rings. The van der Waals surface area contributed by atoms with E-state index in [0.717, 1.165) is 4.57 Å². The van der Waals surface area contributed by atoms with E-state index < -0.39 is 22.3 Å². The molecule has 0 spiro atoms. The number of hydrogen-bond donors (Lipinski definition) is 2. The highest BCUT2D eigenvalue weighted by Gasteiger charge is 2.23. The van der Waals surface area contributed by atoms with Gasteiger partial charge in [0.25, 0.3) is 11.2 Å². The maximum atomic E-state index is 12.2. The summed E-state index contributed by atoms with van der Waals surface area (Å²) in [4.78, 5) is 36.8. The monoisotopic (exact) mass is 349 g/mol. The Morgan fingerprint density at radius 3 is 2.68 bits per heavy atom. The smallest absolute Gasteiger partial charge is 0.330 e. The van der Waals surface area contributed by atoms with E-state index in [1.165, 1.54) is 24.3 Å². The van der Waals surface area contributed by atoms with Gasteiger partial charge in [0.05, 0.1) is 10.6 Å². The summed E-state index contributed by atoms with van der Waals surface area (Å²) in [5.41, 5.74) is -1.00. The van der Waals surface area contributed by atoms with Gasteiger partial charge in [-0.2, -0.15) is 0 Å². The summed E-state index contributed by atoms with van der Waals surface area (Å²) in [5.74, 6) is 0. The van der Waals surface area contributed by atoms with Gasteiger partial charge < -0.3 is 9.84 Å². The first-order valence-electron chi connectivity index (χ1n) is 7.76. The highest BCUT2D eigenvalue weighted by Crippen LogP contribution is 2.26. The van der Waals surface area contributed by atoms with Gasteiger partial charge in [0, 0.05) is 24.3 Å². The van der Waals surface area contributed by atoms with Crippen LogP contribution in [0, 0.1) is 10.1 Å². The van der Waals surface area contributed by atoms with Gasteiger partial charge in [-0.15, -0.1) is 0 Å². The molecular weight excluding hydrogens is 330 g/mol. The van der Waals surface area contributed by atoms with Crippen LogP contribution in [0.2, 0.25) is 0 Å². The van der Waals surface area contributed by atoms with Gasteiger partial charge in [0.2, 0.25) is 0 Å². The second-order valence-electron chi connectivity index (χ2n) is 5.28. The Hall–Kier alpha value is -2.78. The first kappa shape index (κ1) is 18.6. The van der Waals surface area contributed by atoms with E-state index in [2.05, 4.69) is 4.98 Å². The van der Waals surface area contributed by atoms with Gasteiger partial charge in [0.1, 0.15) is 12.8 Å². The number of aromatic amines is 1. The molecule has 0 bridgehead atoms. The fraction of sp³-hybridized carbons (Fsp3) is 0.375. The lowest BCUT2D eigenvalue weighted by molar-refractivity contribution is -0.385. The lowest BCUT2D eigenvalue weighted by atomic mass is 10.0. The molecular formula is C16H19N3O6. The molecule has 134 valence electrons. The summed E-state index contributed by atoms with van der Waals surface area (Å²) in [5, 5.41) is 21.7. The number of nitro groups is 1. The number of ether oxygens (including phenoxy) is 1. The molecule has 2 rings (SSSR count). The van der Waals surface area contributed by atoms with Crippen molar-refractivity contribution in [2.75, 3.05) is 6.61 Å². The van der Waals surface area contributed by atoms with Crippen LogP contribution in [0.5, 0.6) is 0 Å². The number of non-ortho nitro benzene ring substituents is 1. The number of rotatable bonds is 7. The second kappa shape index (κ2) is 7.86. The van der Waals surface area contributed by atoms with E-state index in [1.54, 1.807) is 13.8 Å². The Morgan fingerprint density at radius 2 is 2.08 bits per heavy atom. The lowest BCUT2D eigenvalue weighted by Gasteiger charge is -2.20. The van der Waals surface area contributed by atoms with Crippen molar-refractivity contribution in [3.63, 3.8) is 0 Å². The van der Waals surface area contributed by atoms with Crippen molar-refractivity contribution in [1.29, 1.82) is 0 Å². The lowest BCUT2D eigenvalue weighted by Crippen LogP contribution is -2.37. The van der Waals surface area contributed by atoms with Gasteiger partial charge >= 0.3 is 5.69 Å². The molecule has 1 unspecified atom stereocenters. The van der Waals surface area contributed by atoms with Crippen LogP contribution in [-0.2, 0) is 17.9 Å². The molecule has 1 atom stereocenters. The number of aliphatic hydroxyl groups excluding tert-OH is 1. The number of nitro benzene ring substituents is 1. The van der Waals surface area contributed by atoms with Crippen molar-refractivity contribution in [2.45, 2.75) is 33.1 Å². The number of nitrogens with zero attached hydrogens (tertiary/aromatic N) is 2. The average molecular weight is 349 g/mol. The van der Waals surface area contributed by atoms with Crippen LogP contribution in [0.1, 0.15) is 36.8 Å². The molecule has 0 aliphatic rings. The highest BCUT2D eigenvalue weighted by atomic mass is 16.6. The predicted octanol–water partition coefficient (Wildman–Crippen LogP) is 1.08. The molecule has 0 aliphatic carbocycles. The highest BCUT2D eigenvalue weighted by molar-refractivity contribution is 5.39. The minimum absolute atomic E-state index is 0.0743. The fourth-order valence-electron chi connectivity index (χ4n) is 2.56. The zero-order chi connectivity index (χ0) is 18.6. The first-order chi connectivity index (χ1) is 11.9. The van der Waals surface area contributed by atoms with Crippen LogP contribution in [0.3, 0.4) is 0 Å². The zero-order valence-corrected chi connectivity index (χ0v) is 13.9. The number of aromatic nitrogens is 2. The Balaban J connectivity index is 2.66. The standard InChI is InChI=1S/C16H19N3O6/c1-3-12-13(18(9-25-4-2)16(22)17-15(12)21)14(20)10-6-5-7-11(8-10)19(23)24/h5-8,14,20H,3-4,9H2,1-2H3,(H,17,21,22). The van der Waals surface area contributed by atoms with Crippen molar-refractivity contribution >= 4 is 5.69 Å². The Morgan fingerprint density at radius 1 is 1.36 bits per heavy atom. The van der Waals surface area contributed by atoms with Crippen molar-refractivity contribution in [3.05, 3.63) is 72.0 Å². The summed E-state index contributed by atoms with van der Waals surface area (Å²) < 4.78 is 6.38. The van der Waals surface area contributed by atoms with E-state index in [1.807, 2.05) is 0 Å². The molecule has 0 aliphatic heterocycles. The summed E-state index contributed by atoms with van der Waals surface area (Å²) in [7, 11) is 0. The summed E-state index contributed by atoms with van der Waals surface area (Å²) in [6.45, 7) is 3.64. The maximum absolute atomic E-state index is 12.2. The zero-order valence-electron chi connectivity index (χ0n) is 13.9. The third-order valence-electron chi connectivity index (χ3n) is 3.77. The number of hydrogen-bond acceptors (Lipinski definition) is 6. The molecule has 0 saturated heterocycles. The van der Waals surface area contributed by atoms with Crippen LogP contribution < -0.4 is 11.2 Å². The molecule has 9 nitrogen and oxygen atoms in total. The summed E-state index contributed by atoms with van der Waals surface area (Å²) >= 11 is 0. The van der Waals surface area contributed by atoms with Crippen molar-refractivity contribution in [3.8, 4) is 0 Å². The Bertz CT molecular complexity index is 886. The third-order valence-corrected chi connectivity index (χ3v) is 3.77. The van der Waals surface area contributed by atoms with Gasteiger partial charge in [-0.3, -0.25) is 24.5 Å². The molecule has 0 radical (unpaired) electrons.